The number of rotatable bonds is 4. The van der Waals surface area contributed by atoms with Gasteiger partial charge in [-0.1, -0.05) is 0 Å². The number of methoxy groups -OCH3 is 3. The monoisotopic (exact) mass is 253 g/mol. The van der Waals surface area contributed by atoms with Crippen molar-refractivity contribution in [3.05, 3.63) is 23.9 Å². The van der Waals surface area contributed by atoms with E-state index in [0.717, 1.165) is 0 Å². The maximum atomic E-state index is 11.8. The molecule has 0 radical (unpaired) electrons. The first kappa shape index (κ1) is 14.0. The van der Waals surface area contributed by atoms with E-state index in [0.29, 0.717) is 11.4 Å². The van der Waals surface area contributed by atoms with Crippen molar-refractivity contribution in [2.45, 2.75) is 12.3 Å². The van der Waals surface area contributed by atoms with Crippen LogP contribution in [0.5, 0.6) is 5.88 Å². The molecule has 0 fully saturated rings. The summed E-state index contributed by atoms with van der Waals surface area (Å²) in [6.07, 6.45) is 1.44. The number of hydrogen-bond donors (Lipinski definition) is 0. The quantitative estimate of drug-likeness (QED) is 0.580. The maximum Gasteiger partial charge on any atom is 0.327 e. The number of ether oxygens (including phenoxy) is 3. The topological polar surface area (TPSA) is 74.7 Å². The summed E-state index contributed by atoms with van der Waals surface area (Å²) in [6, 6.07) is 3.03. The van der Waals surface area contributed by atoms with Gasteiger partial charge in [0.15, 0.2) is 5.41 Å². The average Bonchev–Trinajstić information content (AvgIpc) is 2.44. The molecule has 0 aliphatic rings. The number of esters is 2. The van der Waals surface area contributed by atoms with Crippen LogP contribution >= 0.6 is 0 Å². The van der Waals surface area contributed by atoms with E-state index < -0.39 is 17.4 Å². The lowest BCUT2D eigenvalue weighted by molar-refractivity contribution is -0.160. The molecule has 0 aliphatic carbocycles. The third kappa shape index (κ3) is 2.27. The molecule has 0 N–H and O–H groups in total. The van der Waals surface area contributed by atoms with Gasteiger partial charge in [-0.3, -0.25) is 9.59 Å². The van der Waals surface area contributed by atoms with E-state index in [1.165, 1.54) is 46.6 Å². The fourth-order valence-corrected chi connectivity index (χ4v) is 1.56. The molecule has 0 spiro atoms. The summed E-state index contributed by atoms with van der Waals surface area (Å²) in [5.74, 6) is -1.11. The fraction of sp³-hybridized carbons (Fsp3) is 0.417. The van der Waals surface area contributed by atoms with Gasteiger partial charge in [0, 0.05) is 12.3 Å². The Bertz CT molecular complexity index is 442. The molecule has 0 unspecified atom stereocenters. The van der Waals surface area contributed by atoms with Crippen molar-refractivity contribution < 1.29 is 23.8 Å². The first-order valence-corrected chi connectivity index (χ1v) is 5.18. The summed E-state index contributed by atoms with van der Waals surface area (Å²) >= 11 is 0. The van der Waals surface area contributed by atoms with E-state index in [1.54, 1.807) is 0 Å². The molecule has 0 aliphatic heterocycles. The van der Waals surface area contributed by atoms with Crippen molar-refractivity contribution in [3.63, 3.8) is 0 Å². The van der Waals surface area contributed by atoms with Gasteiger partial charge in [-0.2, -0.15) is 0 Å². The van der Waals surface area contributed by atoms with Crippen LogP contribution in [0.15, 0.2) is 18.3 Å². The molecule has 1 aromatic heterocycles. The molecule has 0 saturated carbocycles. The van der Waals surface area contributed by atoms with Crippen molar-refractivity contribution in [1.29, 1.82) is 0 Å². The van der Waals surface area contributed by atoms with Gasteiger partial charge in [-0.05, 0) is 18.6 Å². The zero-order valence-electron chi connectivity index (χ0n) is 10.7. The van der Waals surface area contributed by atoms with Crippen LogP contribution in [0.2, 0.25) is 0 Å². The number of carbonyl (C=O) groups is 2. The lowest BCUT2D eigenvalue weighted by Gasteiger charge is -2.24. The van der Waals surface area contributed by atoms with E-state index in [9.17, 15) is 9.59 Å². The number of nitrogens with zero attached hydrogens (tertiary/aromatic N) is 1. The van der Waals surface area contributed by atoms with Crippen LogP contribution in [-0.4, -0.2) is 38.3 Å². The number of hydrogen-bond acceptors (Lipinski definition) is 6. The minimum Gasteiger partial charge on any atom is -0.481 e. The highest BCUT2D eigenvalue weighted by molar-refractivity contribution is 6.05. The van der Waals surface area contributed by atoms with Gasteiger partial charge in [-0.15, -0.1) is 0 Å². The molecule has 0 amide bonds. The molecular weight excluding hydrogens is 238 g/mol. The normalized spacial score (nSPS) is 10.7. The van der Waals surface area contributed by atoms with Gasteiger partial charge >= 0.3 is 11.9 Å². The Kier molecular flexibility index (Phi) is 4.25. The zero-order valence-corrected chi connectivity index (χ0v) is 10.7. The Hall–Kier alpha value is -2.11. The van der Waals surface area contributed by atoms with Crippen molar-refractivity contribution in [3.8, 4) is 5.88 Å². The van der Waals surface area contributed by atoms with Crippen LogP contribution in [-0.2, 0) is 24.5 Å². The van der Waals surface area contributed by atoms with Crippen LogP contribution in [0.3, 0.4) is 0 Å². The molecule has 0 aromatic carbocycles. The first-order chi connectivity index (χ1) is 8.50. The Morgan fingerprint density at radius 3 is 2.17 bits per heavy atom. The minimum absolute atomic E-state index is 0.298. The highest BCUT2D eigenvalue weighted by atomic mass is 16.5. The molecule has 0 saturated heterocycles. The molecular formula is C12H15NO5. The van der Waals surface area contributed by atoms with Crippen LogP contribution in [0.4, 0.5) is 0 Å². The lowest BCUT2D eigenvalue weighted by Crippen LogP contribution is -2.42. The summed E-state index contributed by atoms with van der Waals surface area (Å²) < 4.78 is 14.3. The van der Waals surface area contributed by atoms with Gasteiger partial charge in [-0.25, -0.2) is 4.98 Å². The van der Waals surface area contributed by atoms with Gasteiger partial charge < -0.3 is 14.2 Å². The van der Waals surface area contributed by atoms with Crippen molar-refractivity contribution >= 4 is 11.9 Å². The molecule has 6 nitrogen and oxygen atoms in total. The third-order valence-corrected chi connectivity index (χ3v) is 2.71. The number of pyridine rings is 1. The van der Waals surface area contributed by atoms with Gasteiger partial charge in [0.25, 0.3) is 0 Å². The van der Waals surface area contributed by atoms with E-state index >= 15 is 0 Å². The Balaban J connectivity index is 3.34. The SMILES string of the molecule is COC(=O)C(C)(C(=O)OC)c1ccnc(OC)c1. The number of carbonyl (C=O) groups excluding carboxylic acids is 2. The molecule has 6 heteroatoms. The third-order valence-electron chi connectivity index (χ3n) is 2.71. The van der Waals surface area contributed by atoms with Crippen LogP contribution in [0, 0.1) is 0 Å². The molecule has 1 aromatic rings. The molecule has 0 bridgehead atoms. The van der Waals surface area contributed by atoms with Crippen LogP contribution < -0.4 is 4.74 Å². The van der Waals surface area contributed by atoms with Crippen molar-refractivity contribution in [2.24, 2.45) is 0 Å². The summed E-state index contributed by atoms with van der Waals surface area (Å²) in [6.45, 7) is 1.43. The largest absolute Gasteiger partial charge is 0.481 e. The van der Waals surface area contributed by atoms with E-state index in [1.807, 2.05) is 0 Å². The predicted molar refractivity (Wildman–Crippen MR) is 62.2 cm³/mol. The Morgan fingerprint density at radius 2 is 1.72 bits per heavy atom. The summed E-state index contributed by atoms with van der Waals surface area (Å²) in [4.78, 5) is 27.6. The number of aromatic nitrogens is 1. The van der Waals surface area contributed by atoms with Crippen LogP contribution in [0.25, 0.3) is 0 Å². The zero-order chi connectivity index (χ0) is 13.8. The predicted octanol–water partition coefficient (Wildman–Crippen LogP) is 0.694. The van der Waals surface area contributed by atoms with Gasteiger partial charge in [0.05, 0.1) is 21.3 Å². The van der Waals surface area contributed by atoms with E-state index in [4.69, 9.17) is 4.74 Å². The molecule has 98 valence electrons. The summed E-state index contributed by atoms with van der Waals surface area (Å²) in [5.41, 5.74) is -1.15. The summed E-state index contributed by atoms with van der Waals surface area (Å²) in [5, 5.41) is 0. The highest BCUT2D eigenvalue weighted by Crippen LogP contribution is 2.28. The fourth-order valence-electron chi connectivity index (χ4n) is 1.56. The van der Waals surface area contributed by atoms with Crippen molar-refractivity contribution in [1.82, 2.24) is 4.98 Å². The second kappa shape index (κ2) is 5.48. The van der Waals surface area contributed by atoms with Gasteiger partial charge in [0.1, 0.15) is 0 Å². The maximum absolute atomic E-state index is 11.8. The molecule has 1 heterocycles. The van der Waals surface area contributed by atoms with E-state index in [2.05, 4.69) is 14.5 Å². The Morgan fingerprint density at radius 1 is 1.17 bits per heavy atom. The minimum atomic E-state index is -1.54. The second-order valence-electron chi connectivity index (χ2n) is 3.70. The molecule has 0 atom stereocenters. The lowest BCUT2D eigenvalue weighted by atomic mass is 9.83. The smallest absolute Gasteiger partial charge is 0.327 e. The Labute approximate surface area is 105 Å². The van der Waals surface area contributed by atoms with Crippen LogP contribution in [0.1, 0.15) is 12.5 Å². The molecule has 1 rings (SSSR count). The standard InChI is InChI=1S/C12H15NO5/c1-12(10(14)17-3,11(15)18-4)8-5-6-13-9(7-8)16-2/h5-7H,1-4H3. The molecule has 18 heavy (non-hydrogen) atoms. The first-order valence-electron chi connectivity index (χ1n) is 5.18. The van der Waals surface area contributed by atoms with Crippen molar-refractivity contribution in [2.75, 3.05) is 21.3 Å². The summed E-state index contributed by atoms with van der Waals surface area (Å²) in [7, 11) is 3.86. The van der Waals surface area contributed by atoms with Gasteiger partial charge in [0.2, 0.25) is 5.88 Å². The average molecular weight is 253 g/mol. The second-order valence-corrected chi connectivity index (χ2v) is 3.70. The highest BCUT2D eigenvalue weighted by Gasteiger charge is 2.45. The van der Waals surface area contributed by atoms with E-state index in [-0.39, 0.29) is 0 Å².